The molecule has 0 saturated carbocycles. The lowest BCUT2D eigenvalue weighted by Crippen LogP contribution is -2.31. The number of amides is 1. The van der Waals surface area contributed by atoms with Crippen LogP contribution in [-0.2, 0) is 24.5 Å². The van der Waals surface area contributed by atoms with Gasteiger partial charge in [0.05, 0.1) is 25.5 Å². The molecule has 146 valence electrons. The van der Waals surface area contributed by atoms with Gasteiger partial charge < -0.3 is 9.64 Å². The zero-order valence-electron chi connectivity index (χ0n) is 15.9. The summed E-state index contributed by atoms with van der Waals surface area (Å²) in [5, 5.41) is 12.6. The van der Waals surface area contributed by atoms with Crippen molar-refractivity contribution in [2.45, 2.75) is 39.1 Å². The highest BCUT2D eigenvalue weighted by molar-refractivity contribution is 5.92. The highest BCUT2D eigenvalue weighted by atomic mass is 16.5. The lowest BCUT2D eigenvalue weighted by Gasteiger charge is -2.16. The summed E-state index contributed by atoms with van der Waals surface area (Å²) in [6, 6.07) is 12.0. The van der Waals surface area contributed by atoms with Crippen LogP contribution in [-0.4, -0.2) is 48.7 Å². The summed E-state index contributed by atoms with van der Waals surface area (Å²) in [6.07, 6.45) is 4.45. The first-order chi connectivity index (χ1) is 13.7. The predicted octanol–water partition coefficient (Wildman–Crippen LogP) is 2.30. The summed E-state index contributed by atoms with van der Waals surface area (Å²) < 4.78 is 9.31. The summed E-state index contributed by atoms with van der Waals surface area (Å²) >= 11 is 0. The molecule has 4 rings (SSSR count). The SMILES string of the molecule is CCn1nccc1C(=O)N1CCC(n2cc(COCc3ccccc3)nn2)C1. The third-order valence-corrected chi connectivity index (χ3v) is 4.98. The monoisotopic (exact) mass is 380 g/mol. The molecule has 3 aromatic rings. The van der Waals surface area contributed by atoms with Gasteiger partial charge >= 0.3 is 0 Å². The van der Waals surface area contributed by atoms with Crippen LogP contribution < -0.4 is 0 Å². The largest absolute Gasteiger partial charge is 0.370 e. The van der Waals surface area contributed by atoms with Gasteiger partial charge in [-0.05, 0) is 25.0 Å². The molecule has 3 heterocycles. The minimum Gasteiger partial charge on any atom is -0.370 e. The van der Waals surface area contributed by atoms with Crippen LogP contribution in [0.3, 0.4) is 0 Å². The second-order valence-corrected chi connectivity index (χ2v) is 6.89. The van der Waals surface area contributed by atoms with Gasteiger partial charge in [0.25, 0.3) is 5.91 Å². The van der Waals surface area contributed by atoms with E-state index in [-0.39, 0.29) is 11.9 Å². The zero-order chi connectivity index (χ0) is 19.3. The number of aromatic nitrogens is 5. The molecule has 1 amide bonds. The van der Waals surface area contributed by atoms with E-state index in [1.807, 2.05) is 53.0 Å². The van der Waals surface area contributed by atoms with E-state index in [4.69, 9.17) is 4.74 Å². The van der Waals surface area contributed by atoms with Crippen molar-refractivity contribution in [3.8, 4) is 0 Å². The quantitative estimate of drug-likeness (QED) is 0.628. The molecule has 0 bridgehead atoms. The average molecular weight is 380 g/mol. The van der Waals surface area contributed by atoms with Crippen molar-refractivity contribution in [3.63, 3.8) is 0 Å². The van der Waals surface area contributed by atoms with Gasteiger partial charge in [0.2, 0.25) is 0 Å². The number of benzene rings is 1. The summed E-state index contributed by atoms with van der Waals surface area (Å²) in [4.78, 5) is 14.6. The maximum Gasteiger partial charge on any atom is 0.272 e. The number of ether oxygens (including phenoxy) is 1. The van der Waals surface area contributed by atoms with Crippen molar-refractivity contribution in [3.05, 3.63) is 65.7 Å². The highest BCUT2D eigenvalue weighted by Gasteiger charge is 2.30. The predicted molar refractivity (Wildman–Crippen MR) is 102 cm³/mol. The fourth-order valence-corrected chi connectivity index (χ4v) is 3.48. The normalized spacial score (nSPS) is 16.6. The van der Waals surface area contributed by atoms with Gasteiger partial charge in [-0.1, -0.05) is 35.5 Å². The first-order valence-corrected chi connectivity index (χ1v) is 9.58. The topological polar surface area (TPSA) is 78.1 Å². The van der Waals surface area contributed by atoms with Crippen LogP contribution in [0.4, 0.5) is 0 Å². The number of hydrogen-bond acceptors (Lipinski definition) is 5. The van der Waals surface area contributed by atoms with Gasteiger partial charge in [-0.3, -0.25) is 9.48 Å². The number of likely N-dealkylation sites (tertiary alicyclic amines) is 1. The van der Waals surface area contributed by atoms with E-state index in [2.05, 4.69) is 15.4 Å². The number of hydrogen-bond donors (Lipinski definition) is 0. The Labute approximate surface area is 163 Å². The molecule has 1 aliphatic heterocycles. The molecule has 0 radical (unpaired) electrons. The smallest absolute Gasteiger partial charge is 0.272 e. The Hall–Kier alpha value is -3.00. The summed E-state index contributed by atoms with van der Waals surface area (Å²) in [6.45, 7) is 4.96. The van der Waals surface area contributed by atoms with Crippen LogP contribution in [0.5, 0.6) is 0 Å². The molecule has 8 heteroatoms. The van der Waals surface area contributed by atoms with Gasteiger partial charge in [-0.25, -0.2) is 4.68 Å². The van der Waals surface area contributed by atoms with E-state index in [0.717, 1.165) is 17.7 Å². The van der Waals surface area contributed by atoms with Crippen molar-refractivity contribution >= 4 is 5.91 Å². The molecule has 1 atom stereocenters. The molecule has 0 N–H and O–H groups in total. The Balaban J connectivity index is 1.31. The fraction of sp³-hybridized carbons (Fsp3) is 0.400. The van der Waals surface area contributed by atoms with Crippen LogP contribution in [0.15, 0.2) is 48.8 Å². The van der Waals surface area contributed by atoms with Crippen molar-refractivity contribution in [2.75, 3.05) is 13.1 Å². The van der Waals surface area contributed by atoms with E-state index in [1.54, 1.807) is 16.9 Å². The van der Waals surface area contributed by atoms with Crippen LogP contribution in [0.2, 0.25) is 0 Å². The molecule has 1 unspecified atom stereocenters. The maximum absolute atomic E-state index is 12.7. The third-order valence-electron chi connectivity index (χ3n) is 4.98. The Morgan fingerprint density at radius 3 is 2.89 bits per heavy atom. The first-order valence-electron chi connectivity index (χ1n) is 9.58. The van der Waals surface area contributed by atoms with E-state index in [9.17, 15) is 4.79 Å². The minimum atomic E-state index is 0.0217. The molecule has 0 aliphatic carbocycles. The Kier molecular flexibility index (Phi) is 5.48. The Morgan fingerprint density at radius 2 is 2.07 bits per heavy atom. The molecule has 1 saturated heterocycles. The van der Waals surface area contributed by atoms with Crippen molar-refractivity contribution < 1.29 is 9.53 Å². The minimum absolute atomic E-state index is 0.0217. The van der Waals surface area contributed by atoms with Gasteiger partial charge in [-0.2, -0.15) is 5.10 Å². The van der Waals surface area contributed by atoms with Gasteiger partial charge in [-0.15, -0.1) is 5.10 Å². The number of aryl methyl sites for hydroxylation is 1. The lowest BCUT2D eigenvalue weighted by molar-refractivity contribution is 0.0774. The molecule has 8 nitrogen and oxygen atoms in total. The molecule has 2 aromatic heterocycles. The highest BCUT2D eigenvalue weighted by Crippen LogP contribution is 2.22. The number of carbonyl (C=O) groups is 1. The maximum atomic E-state index is 12.7. The van der Waals surface area contributed by atoms with E-state index in [1.165, 1.54) is 0 Å². The average Bonchev–Trinajstić information content (AvgIpc) is 3.47. The van der Waals surface area contributed by atoms with E-state index < -0.39 is 0 Å². The lowest BCUT2D eigenvalue weighted by atomic mass is 10.2. The molecular weight excluding hydrogens is 356 g/mol. The molecular formula is C20H24N6O2. The van der Waals surface area contributed by atoms with Crippen LogP contribution in [0.1, 0.15) is 41.1 Å². The second kappa shape index (κ2) is 8.35. The Bertz CT molecular complexity index is 920. The van der Waals surface area contributed by atoms with E-state index in [0.29, 0.717) is 38.5 Å². The summed E-state index contributed by atoms with van der Waals surface area (Å²) in [5.41, 5.74) is 2.56. The molecule has 1 aliphatic rings. The van der Waals surface area contributed by atoms with Crippen LogP contribution in [0.25, 0.3) is 0 Å². The third kappa shape index (κ3) is 3.96. The van der Waals surface area contributed by atoms with Crippen molar-refractivity contribution in [2.24, 2.45) is 0 Å². The summed E-state index contributed by atoms with van der Waals surface area (Å²) in [7, 11) is 0. The van der Waals surface area contributed by atoms with Crippen molar-refractivity contribution in [1.82, 2.24) is 29.7 Å². The Morgan fingerprint density at radius 1 is 1.21 bits per heavy atom. The van der Waals surface area contributed by atoms with Gasteiger partial charge in [0.1, 0.15) is 11.4 Å². The zero-order valence-corrected chi connectivity index (χ0v) is 15.9. The second-order valence-electron chi connectivity index (χ2n) is 6.89. The fourth-order valence-electron chi connectivity index (χ4n) is 3.48. The van der Waals surface area contributed by atoms with Crippen molar-refractivity contribution in [1.29, 1.82) is 0 Å². The van der Waals surface area contributed by atoms with Crippen LogP contribution in [0, 0.1) is 0 Å². The molecule has 1 aromatic carbocycles. The van der Waals surface area contributed by atoms with Gasteiger partial charge in [0, 0.05) is 25.8 Å². The molecule has 0 spiro atoms. The van der Waals surface area contributed by atoms with Crippen LogP contribution >= 0.6 is 0 Å². The number of nitrogens with zero attached hydrogens (tertiary/aromatic N) is 6. The number of carbonyl (C=O) groups excluding carboxylic acids is 1. The summed E-state index contributed by atoms with van der Waals surface area (Å²) in [5.74, 6) is 0.0217. The van der Waals surface area contributed by atoms with Gasteiger partial charge in [0.15, 0.2) is 0 Å². The van der Waals surface area contributed by atoms with E-state index >= 15 is 0 Å². The molecule has 1 fully saturated rings. The standard InChI is InChI=1S/C20H24N6O2/c1-2-25-19(8-10-21-25)20(27)24-11-9-18(13-24)26-12-17(22-23-26)15-28-14-16-6-4-3-5-7-16/h3-8,10,12,18H,2,9,11,13-15H2,1H3. The number of rotatable bonds is 7. The first kappa shape index (κ1) is 18.4. The molecule has 28 heavy (non-hydrogen) atoms.